The number of carbonyl (C=O) groups is 3. The van der Waals surface area contributed by atoms with Crippen LogP contribution in [0.3, 0.4) is 0 Å². The number of aliphatic hydroxyl groups excluding tert-OH is 1. The molecule has 0 aliphatic carbocycles. The van der Waals surface area contributed by atoms with Crippen LogP contribution in [-0.2, 0) is 29.9 Å². The Morgan fingerprint density at radius 2 is 1.56 bits per heavy atom. The minimum atomic E-state index is -3.73. The number of fused-ring (bicyclic) bond motifs is 2. The highest BCUT2D eigenvalue weighted by Crippen LogP contribution is 2.53. The van der Waals surface area contributed by atoms with Crippen molar-refractivity contribution in [3.05, 3.63) is 65.2 Å². The van der Waals surface area contributed by atoms with Crippen molar-refractivity contribution in [1.29, 1.82) is 0 Å². The molecule has 2 aliphatic heterocycles. The molecule has 208 valence electrons. The number of anilines is 1. The number of ketones is 1. The maximum absolute atomic E-state index is 14.2. The Morgan fingerprint density at radius 1 is 0.949 bits per heavy atom. The number of para-hydroxylation sites is 1. The van der Waals surface area contributed by atoms with Crippen molar-refractivity contribution in [2.45, 2.75) is 31.2 Å². The molecule has 2 amide bonds. The highest BCUT2D eigenvalue weighted by atomic mass is 32.2. The Labute approximate surface area is 229 Å². The zero-order valence-electron chi connectivity index (χ0n) is 22.8. The van der Waals surface area contributed by atoms with E-state index in [-0.39, 0.29) is 22.6 Å². The molecule has 11 heteroatoms. The monoisotopic (exact) mass is 554 g/mol. The van der Waals surface area contributed by atoms with Gasteiger partial charge in [-0.2, -0.15) is 0 Å². The number of carbonyl (C=O) groups excluding carboxylic acids is 3. The van der Waals surface area contributed by atoms with Gasteiger partial charge in [0.25, 0.3) is 17.6 Å². The normalized spacial score (nSPS) is 20.6. The molecule has 1 fully saturated rings. The molecule has 1 saturated heterocycles. The number of sulfonamides is 1. The first-order valence-electron chi connectivity index (χ1n) is 12.9. The van der Waals surface area contributed by atoms with Crippen LogP contribution in [0.5, 0.6) is 0 Å². The van der Waals surface area contributed by atoms with Gasteiger partial charge in [-0.3, -0.25) is 14.4 Å². The molecule has 0 unspecified atom stereocenters. The molecule has 39 heavy (non-hydrogen) atoms. The summed E-state index contributed by atoms with van der Waals surface area (Å²) < 4.78 is 26.1. The number of Topliss-reactive ketones (excluding diaryl/α,β-unsaturated/α-hetero) is 1. The van der Waals surface area contributed by atoms with E-state index in [4.69, 9.17) is 0 Å². The van der Waals surface area contributed by atoms with Crippen LogP contribution >= 0.6 is 0 Å². The van der Waals surface area contributed by atoms with Gasteiger partial charge in [-0.25, -0.2) is 12.7 Å². The minimum Gasteiger partial charge on any atom is -0.507 e. The van der Waals surface area contributed by atoms with E-state index in [1.165, 1.54) is 48.2 Å². The molecule has 0 radical (unpaired) electrons. The molecule has 1 atom stereocenters. The lowest BCUT2D eigenvalue weighted by Crippen LogP contribution is -2.53. The van der Waals surface area contributed by atoms with Crippen LogP contribution in [0.4, 0.5) is 5.69 Å². The van der Waals surface area contributed by atoms with Crippen LogP contribution in [0, 0.1) is 0 Å². The minimum absolute atomic E-state index is 0.00196. The second kappa shape index (κ2) is 10.6. The van der Waals surface area contributed by atoms with Crippen molar-refractivity contribution in [2.75, 3.05) is 51.7 Å². The van der Waals surface area contributed by atoms with Gasteiger partial charge < -0.3 is 19.8 Å². The van der Waals surface area contributed by atoms with E-state index in [0.29, 0.717) is 24.3 Å². The largest absolute Gasteiger partial charge is 0.507 e. The quantitative estimate of drug-likeness (QED) is 0.287. The Balaban J connectivity index is 1.96. The first-order valence-corrected chi connectivity index (χ1v) is 14.4. The van der Waals surface area contributed by atoms with Gasteiger partial charge in [0.15, 0.2) is 5.54 Å². The van der Waals surface area contributed by atoms with Gasteiger partial charge in [-0.15, -0.1) is 0 Å². The highest BCUT2D eigenvalue weighted by molar-refractivity contribution is 7.89. The summed E-state index contributed by atoms with van der Waals surface area (Å²) in [6, 6.07) is 12.3. The summed E-state index contributed by atoms with van der Waals surface area (Å²) in [5, 5.41) is 11.6. The van der Waals surface area contributed by atoms with Gasteiger partial charge in [-0.1, -0.05) is 32.0 Å². The van der Waals surface area contributed by atoms with Crippen molar-refractivity contribution >= 4 is 39.1 Å². The summed E-state index contributed by atoms with van der Waals surface area (Å²) in [6.45, 7) is 8.06. The highest BCUT2D eigenvalue weighted by Gasteiger charge is 2.66. The second-order valence-corrected chi connectivity index (χ2v) is 11.8. The van der Waals surface area contributed by atoms with Crippen molar-refractivity contribution in [3.8, 4) is 0 Å². The topological polar surface area (TPSA) is 119 Å². The maximum Gasteiger partial charge on any atom is 0.296 e. The van der Waals surface area contributed by atoms with Crippen molar-refractivity contribution in [3.63, 3.8) is 0 Å². The molecule has 0 aromatic heterocycles. The van der Waals surface area contributed by atoms with Gasteiger partial charge >= 0.3 is 0 Å². The number of benzene rings is 2. The summed E-state index contributed by atoms with van der Waals surface area (Å²) in [6.07, 6.45) is 0. The Hall–Kier alpha value is -3.54. The molecule has 1 spiro atoms. The number of likely N-dealkylation sites (N-methyl/N-ethyl adjacent to an activating group) is 2. The molecule has 0 bridgehead atoms. The third kappa shape index (κ3) is 4.25. The van der Waals surface area contributed by atoms with E-state index in [2.05, 4.69) is 4.90 Å². The fraction of sp³-hybridized carbons (Fsp3) is 0.393. The van der Waals surface area contributed by atoms with Crippen LogP contribution in [0.1, 0.15) is 31.9 Å². The predicted octanol–water partition coefficient (Wildman–Crippen LogP) is 2.22. The molecule has 1 N–H and O–H groups in total. The smallest absolute Gasteiger partial charge is 0.296 e. The number of aliphatic hydroxyl groups is 1. The molecular formula is C28H34N4O6S. The number of hydrogen-bond acceptors (Lipinski definition) is 7. The van der Waals surface area contributed by atoms with Crippen LogP contribution < -0.4 is 4.90 Å². The van der Waals surface area contributed by atoms with E-state index in [9.17, 15) is 27.9 Å². The summed E-state index contributed by atoms with van der Waals surface area (Å²) >= 11 is 0. The average molecular weight is 555 g/mol. The fourth-order valence-electron chi connectivity index (χ4n) is 5.40. The zero-order chi connectivity index (χ0) is 28.7. The lowest BCUT2D eigenvalue weighted by atomic mass is 9.82. The number of rotatable bonds is 9. The third-order valence-electron chi connectivity index (χ3n) is 7.57. The van der Waals surface area contributed by atoms with Crippen molar-refractivity contribution in [2.24, 2.45) is 0 Å². The van der Waals surface area contributed by atoms with Crippen molar-refractivity contribution < 1.29 is 27.9 Å². The zero-order valence-corrected chi connectivity index (χ0v) is 23.7. The first-order chi connectivity index (χ1) is 18.5. The summed E-state index contributed by atoms with van der Waals surface area (Å²) in [5.74, 6) is -2.85. The van der Waals surface area contributed by atoms with Crippen LogP contribution in [-0.4, -0.2) is 92.0 Å². The summed E-state index contributed by atoms with van der Waals surface area (Å²) in [4.78, 5) is 46.4. The molecule has 2 heterocycles. The van der Waals surface area contributed by atoms with Gasteiger partial charge in [-0.05, 0) is 50.3 Å². The SMILES string of the molecule is CCN(CC)CCN1C(=O)C(=O)C(=C(O)c2ccc(S(=O)(=O)N(C)C)cc2)[C@]12C(=O)N(CC)c1ccccc12. The second-order valence-electron chi connectivity index (χ2n) is 9.63. The number of nitrogens with zero attached hydrogens (tertiary/aromatic N) is 4. The Kier molecular flexibility index (Phi) is 7.70. The molecule has 2 aromatic rings. The van der Waals surface area contributed by atoms with Gasteiger partial charge in [0, 0.05) is 44.9 Å². The van der Waals surface area contributed by atoms with E-state index in [1.54, 1.807) is 31.2 Å². The van der Waals surface area contributed by atoms with Gasteiger partial charge in [0.05, 0.1) is 16.2 Å². The van der Waals surface area contributed by atoms with Crippen LogP contribution in [0.2, 0.25) is 0 Å². The number of hydrogen-bond donors (Lipinski definition) is 1. The van der Waals surface area contributed by atoms with Crippen LogP contribution in [0.15, 0.2) is 59.0 Å². The fourth-order valence-corrected chi connectivity index (χ4v) is 6.30. The lowest BCUT2D eigenvalue weighted by molar-refractivity contribution is -0.143. The number of likely N-dealkylation sites (tertiary alicyclic amines) is 1. The Bertz CT molecular complexity index is 1450. The van der Waals surface area contributed by atoms with E-state index >= 15 is 0 Å². The summed E-state index contributed by atoms with van der Waals surface area (Å²) in [5.41, 5.74) is -1.02. The van der Waals surface area contributed by atoms with E-state index in [1.807, 2.05) is 13.8 Å². The van der Waals surface area contributed by atoms with Crippen molar-refractivity contribution in [1.82, 2.24) is 14.1 Å². The van der Waals surface area contributed by atoms with Gasteiger partial charge in [0.2, 0.25) is 10.0 Å². The average Bonchev–Trinajstić information content (AvgIpc) is 3.31. The Morgan fingerprint density at radius 3 is 2.13 bits per heavy atom. The van der Waals surface area contributed by atoms with E-state index < -0.39 is 38.9 Å². The maximum atomic E-state index is 14.2. The third-order valence-corrected chi connectivity index (χ3v) is 9.40. The number of amides is 2. The lowest BCUT2D eigenvalue weighted by Gasteiger charge is -2.35. The predicted molar refractivity (Wildman–Crippen MR) is 148 cm³/mol. The van der Waals surface area contributed by atoms with E-state index in [0.717, 1.165) is 17.4 Å². The standard InChI is InChI=1S/C28H34N4O6S/c1-6-30(7-2)17-18-32-26(35)25(34)23(24(33)19-13-15-20(16-14-19)39(37,38)29(4)5)28(32)21-11-9-10-12-22(21)31(8-3)27(28)36/h9-16,33H,6-8,17-18H2,1-5H3/t28-/m1/s1. The molecule has 2 aliphatic rings. The molecule has 10 nitrogen and oxygen atoms in total. The molecule has 0 saturated carbocycles. The molecular weight excluding hydrogens is 520 g/mol. The molecule has 4 rings (SSSR count). The summed E-state index contributed by atoms with van der Waals surface area (Å²) in [7, 11) is -0.913. The van der Waals surface area contributed by atoms with Crippen LogP contribution in [0.25, 0.3) is 5.76 Å². The first kappa shape index (κ1) is 28.5. The molecule has 2 aromatic carbocycles. The van der Waals surface area contributed by atoms with Gasteiger partial charge in [0.1, 0.15) is 5.76 Å².